The van der Waals surface area contributed by atoms with Crippen molar-refractivity contribution in [2.24, 2.45) is 0 Å². The summed E-state index contributed by atoms with van der Waals surface area (Å²) in [6, 6.07) is 5.76. The summed E-state index contributed by atoms with van der Waals surface area (Å²) in [5, 5.41) is 0. The molecule has 178 valence electrons. The fourth-order valence-electron chi connectivity index (χ4n) is 2.51. The van der Waals surface area contributed by atoms with Crippen LogP contribution in [0.2, 0.25) is 0 Å². The first-order valence-corrected chi connectivity index (χ1v) is 10.6. The highest BCUT2D eigenvalue weighted by Crippen LogP contribution is 2.37. The van der Waals surface area contributed by atoms with E-state index in [9.17, 15) is 30.6 Å². The highest BCUT2D eigenvalue weighted by atomic mass is 32.2. The topological polar surface area (TPSA) is 38.8 Å². The Bertz CT molecular complexity index is 978. The first-order valence-electron chi connectivity index (χ1n) is 9.45. The molecule has 0 aliphatic carbocycles. The minimum Gasteiger partial charge on any atom is -0.488 e. The van der Waals surface area contributed by atoms with Gasteiger partial charge in [-0.15, -0.1) is 0 Å². The quantitative estimate of drug-likeness (QED) is 0.398. The predicted octanol–water partition coefficient (Wildman–Crippen LogP) is 6.59. The molecule has 0 bridgehead atoms. The van der Waals surface area contributed by atoms with E-state index < -0.39 is 45.7 Å². The van der Waals surface area contributed by atoms with Gasteiger partial charge in [0.1, 0.15) is 22.6 Å². The van der Waals surface area contributed by atoms with Crippen molar-refractivity contribution in [2.75, 3.05) is 4.31 Å². The molecular weight excluding hydrogens is 460 g/mol. The number of hydrogen-bond acceptors (Lipinski definition) is 3. The fourth-order valence-corrected chi connectivity index (χ4v) is 3.66. The van der Waals surface area contributed by atoms with Crippen LogP contribution < -0.4 is 13.8 Å². The Labute approximate surface area is 184 Å². The van der Waals surface area contributed by atoms with E-state index in [4.69, 9.17) is 4.74 Å². The molecule has 0 aliphatic rings. The van der Waals surface area contributed by atoms with Gasteiger partial charge in [-0.3, -0.25) is 4.31 Å². The van der Waals surface area contributed by atoms with Crippen LogP contribution in [0.15, 0.2) is 36.4 Å². The van der Waals surface area contributed by atoms with Gasteiger partial charge < -0.3 is 9.47 Å². The van der Waals surface area contributed by atoms with Crippen LogP contribution in [-0.2, 0) is 11.0 Å². The Kier molecular flexibility index (Phi) is 7.75. The van der Waals surface area contributed by atoms with Gasteiger partial charge in [0.25, 0.3) is 0 Å². The summed E-state index contributed by atoms with van der Waals surface area (Å²) >= 11 is 0. The monoisotopic (exact) mass is 483 g/mol. The number of hydrogen-bond donors (Lipinski definition) is 0. The summed E-state index contributed by atoms with van der Waals surface area (Å²) < 4.78 is 103. The van der Waals surface area contributed by atoms with Gasteiger partial charge in [0.2, 0.25) is 0 Å². The highest BCUT2D eigenvalue weighted by Gasteiger charge is 2.44. The van der Waals surface area contributed by atoms with Crippen LogP contribution >= 0.6 is 0 Å². The average Bonchev–Trinajstić information content (AvgIpc) is 2.62. The molecule has 0 fully saturated rings. The van der Waals surface area contributed by atoms with Crippen molar-refractivity contribution in [2.45, 2.75) is 58.0 Å². The predicted molar refractivity (Wildman–Crippen MR) is 110 cm³/mol. The van der Waals surface area contributed by atoms with Crippen molar-refractivity contribution >= 4 is 22.4 Å². The molecule has 0 radical (unpaired) electrons. The van der Waals surface area contributed by atoms with E-state index in [1.165, 1.54) is 12.1 Å². The van der Waals surface area contributed by atoms with E-state index >= 15 is 0 Å². The van der Waals surface area contributed by atoms with Gasteiger partial charge in [0, 0.05) is 18.2 Å². The van der Waals surface area contributed by atoms with E-state index in [1.54, 1.807) is 34.6 Å². The zero-order chi connectivity index (χ0) is 24.4. The molecule has 1 unspecified atom stereocenters. The van der Waals surface area contributed by atoms with E-state index in [0.29, 0.717) is 6.07 Å². The number of benzene rings is 2. The molecule has 2 rings (SSSR count). The zero-order valence-electron chi connectivity index (χ0n) is 18.0. The third kappa shape index (κ3) is 6.30. The summed E-state index contributed by atoms with van der Waals surface area (Å²) in [5.41, 5.74) is -0.278. The Morgan fingerprint density at radius 3 is 2.09 bits per heavy atom. The van der Waals surface area contributed by atoms with Crippen LogP contribution in [-0.4, -0.2) is 27.6 Å². The number of halogens is 6. The summed E-state index contributed by atoms with van der Waals surface area (Å²) in [5.74, 6) is -2.91. The van der Waals surface area contributed by atoms with Crippen molar-refractivity contribution in [1.29, 1.82) is 0 Å². The van der Waals surface area contributed by atoms with Crippen molar-refractivity contribution in [3.8, 4) is 11.5 Å². The van der Waals surface area contributed by atoms with Crippen LogP contribution in [0.5, 0.6) is 11.5 Å². The average molecular weight is 483 g/mol. The lowest BCUT2D eigenvalue weighted by molar-refractivity contribution is -0.253. The van der Waals surface area contributed by atoms with E-state index in [1.807, 2.05) is 0 Å². The van der Waals surface area contributed by atoms with Gasteiger partial charge in [0.05, 0.1) is 22.2 Å². The highest BCUT2D eigenvalue weighted by molar-refractivity contribution is 7.88. The molecule has 0 amide bonds. The van der Waals surface area contributed by atoms with E-state index in [-0.39, 0.29) is 23.2 Å². The number of ether oxygens (including phenoxy) is 2. The molecule has 0 aromatic heterocycles. The third-order valence-electron chi connectivity index (χ3n) is 3.80. The molecule has 2 aromatic rings. The van der Waals surface area contributed by atoms with E-state index in [2.05, 4.69) is 4.74 Å². The third-order valence-corrected chi connectivity index (χ3v) is 5.60. The van der Waals surface area contributed by atoms with Crippen molar-refractivity contribution in [3.63, 3.8) is 0 Å². The number of anilines is 2. The van der Waals surface area contributed by atoms with Gasteiger partial charge >= 0.3 is 12.5 Å². The SMILES string of the molecule is CC(C)Oc1ccc(N(c2cc(F)cc(OC(F)(F)C(F)F)c2)S(=O)C(C)(C)C)cc1F. The normalized spacial score (nSPS) is 13.4. The number of nitrogens with zero attached hydrogens (tertiary/aromatic N) is 1. The smallest absolute Gasteiger partial charge is 0.461 e. The molecular formula is C21H23F6NO3S. The van der Waals surface area contributed by atoms with Gasteiger partial charge in [-0.25, -0.2) is 13.0 Å². The van der Waals surface area contributed by atoms with Crippen molar-refractivity contribution in [3.05, 3.63) is 48.0 Å². The molecule has 2 aromatic carbocycles. The second kappa shape index (κ2) is 9.60. The summed E-state index contributed by atoms with van der Waals surface area (Å²) in [7, 11) is -1.98. The second-order valence-electron chi connectivity index (χ2n) is 8.05. The van der Waals surface area contributed by atoms with Crippen LogP contribution in [0.25, 0.3) is 0 Å². The first kappa shape index (κ1) is 25.8. The molecule has 0 saturated heterocycles. The van der Waals surface area contributed by atoms with Gasteiger partial charge in [-0.2, -0.15) is 17.6 Å². The Morgan fingerprint density at radius 1 is 0.969 bits per heavy atom. The molecule has 0 N–H and O–H groups in total. The molecule has 11 heteroatoms. The Hall–Kier alpha value is -2.43. The van der Waals surface area contributed by atoms with E-state index in [0.717, 1.165) is 22.5 Å². The maximum atomic E-state index is 14.6. The zero-order valence-corrected chi connectivity index (χ0v) is 18.8. The van der Waals surface area contributed by atoms with Crippen LogP contribution in [0.1, 0.15) is 34.6 Å². The minimum atomic E-state index is -4.87. The largest absolute Gasteiger partial charge is 0.488 e. The van der Waals surface area contributed by atoms with Gasteiger partial charge in [-0.1, -0.05) is 0 Å². The Balaban J connectivity index is 2.60. The molecule has 32 heavy (non-hydrogen) atoms. The number of rotatable bonds is 8. The minimum absolute atomic E-state index is 0.0102. The lowest BCUT2D eigenvalue weighted by Gasteiger charge is -2.31. The van der Waals surface area contributed by atoms with Crippen LogP contribution in [0.4, 0.5) is 37.7 Å². The molecule has 1 atom stereocenters. The maximum absolute atomic E-state index is 14.6. The summed E-state index contributed by atoms with van der Waals surface area (Å²) in [6.45, 7) is 8.15. The van der Waals surface area contributed by atoms with Crippen LogP contribution in [0.3, 0.4) is 0 Å². The van der Waals surface area contributed by atoms with Crippen molar-refractivity contribution < 1.29 is 40.0 Å². The fraction of sp³-hybridized carbons (Fsp3) is 0.429. The molecule has 4 nitrogen and oxygen atoms in total. The van der Waals surface area contributed by atoms with Gasteiger partial charge in [0.15, 0.2) is 11.6 Å². The van der Waals surface area contributed by atoms with Crippen LogP contribution in [0, 0.1) is 11.6 Å². The Morgan fingerprint density at radius 2 is 1.59 bits per heavy atom. The molecule has 0 heterocycles. The second-order valence-corrected chi connectivity index (χ2v) is 10.1. The van der Waals surface area contributed by atoms with Gasteiger partial charge in [-0.05, 0) is 52.8 Å². The summed E-state index contributed by atoms with van der Waals surface area (Å²) in [4.78, 5) is 0. The lowest BCUT2D eigenvalue weighted by atomic mass is 10.2. The molecule has 0 aliphatic heterocycles. The van der Waals surface area contributed by atoms with Crippen molar-refractivity contribution in [1.82, 2.24) is 0 Å². The summed E-state index contributed by atoms with van der Waals surface area (Å²) in [6.07, 6.45) is -9.35. The maximum Gasteiger partial charge on any atom is 0.461 e. The number of alkyl halides is 4. The lowest BCUT2D eigenvalue weighted by Crippen LogP contribution is -2.35. The molecule has 0 saturated carbocycles. The first-order chi connectivity index (χ1) is 14.6. The standard InChI is InChI=1S/C21H23F6NO3S/c1-12(2)30-18-7-6-14(11-17(18)23)28(32(29)20(3,4)5)15-8-13(22)9-16(10-15)31-21(26,27)19(24)25/h6-12,19H,1-5H3. The molecule has 0 spiro atoms.